The van der Waals surface area contributed by atoms with E-state index >= 15 is 0 Å². The summed E-state index contributed by atoms with van der Waals surface area (Å²) in [7, 11) is 0. The second-order valence-electron chi connectivity index (χ2n) is 1.96. The van der Waals surface area contributed by atoms with Gasteiger partial charge in [0.1, 0.15) is 0 Å². The Morgan fingerprint density at radius 1 is 0.909 bits per heavy atom. The Hall–Kier alpha value is -0.960. The van der Waals surface area contributed by atoms with Gasteiger partial charge in [0, 0.05) is 0 Å². The monoisotopic (exact) mass is 158 g/mol. The first-order valence-corrected chi connectivity index (χ1v) is 3.58. The minimum atomic E-state index is 0.607. The molecule has 0 atom stereocenters. The summed E-state index contributed by atoms with van der Waals surface area (Å²) in [5, 5.41) is 16.5. The summed E-state index contributed by atoms with van der Waals surface area (Å²) in [6, 6.07) is 0. The van der Waals surface area contributed by atoms with Crippen LogP contribution in [0.3, 0.4) is 0 Å². The quantitative estimate of drug-likeness (QED) is 0.458. The summed E-state index contributed by atoms with van der Waals surface area (Å²) in [4.78, 5) is 0. The van der Waals surface area contributed by atoms with Gasteiger partial charge in [-0.3, -0.25) is 0 Å². The maximum absolute atomic E-state index is 8.23. The largest absolute Gasteiger partial charge is 0.516 e. The summed E-state index contributed by atoms with van der Waals surface area (Å²) in [5.41, 5.74) is 0. The molecule has 0 fully saturated rings. The highest BCUT2D eigenvalue weighted by atomic mass is 16.5. The fourth-order valence-corrected chi connectivity index (χ4v) is 0.554. The predicted octanol–water partition coefficient (Wildman–Crippen LogP) is 1.93. The van der Waals surface area contributed by atoms with Crippen molar-refractivity contribution in [3.8, 4) is 0 Å². The molecule has 3 nitrogen and oxygen atoms in total. The number of hydrogen-bond acceptors (Lipinski definition) is 3. The molecule has 0 radical (unpaired) electrons. The Morgan fingerprint density at radius 2 is 1.36 bits per heavy atom. The van der Waals surface area contributed by atoms with Gasteiger partial charge in [0.05, 0.1) is 25.7 Å². The highest BCUT2D eigenvalue weighted by Gasteiger charge is 1.83. The molecule has 0 aliphatic carbocycles. The maximum atomic E-state index is 8.23. The molecule has 0 rings (SSSR count). The lowest BCUT2D eigenvalue weighted by Crippen LogP contribution is -1.94. The van der Waals surface area contributed by atoms with E-state index in [0.717, 1.165) is 25.4 Å². The molecular formula is C8H14O3. The molecule has 2 N–H and O–H groups in total. The molecule has 0 spiro atoms. The molecule has 0 amide bonds. The highest BCUT2D eigenvalue weighted by molar-refractivity contribution is 4.72. The zero-order chi connectivity index (χ0) is 8.36. The number of ether oxygens (including phenoxy) is 1. The average molecular weight is 158 g/mol. The van der Waals surface area contributed by atoms with Gasteiger partial charge in [-0.25, -0.2) is 0 Å². The van der Waals surface area contributed by atoms with Crippen molar-refractivity contribution < 1.29 is 14.9 Å². The van der Waals surface area contributed by atoms with Crippen molar-refractivity contribution in [3.63, 3.8) is 0 Å². The Bertz CT molecular complexity index is 105. The van der Waals surface area contributed by atoms with Crippen molar-refractivity contribution in [1.29, 1.82) is 0 Å². The minimum absolute atomic E-state index is 0.607. The molecule has 64 valence electrons. The molecule has 3 heteroatoms. The van der Waals surface area contributed by atoms with Crippen LogP contribution in [-0.2, 0) is 4.74 Å². The molecule has 0 saturated carbocycles. The van der Waals surface area contributed by atoms with Crippen LogP contribution in [0, 0.1) is 0 Å². The van der Waals surface area contributed by atoms with Gasteiger partial charge in [-0.15, -0.1) is 0 Å². The predicted molar refractivity (Wildman–Crippen MR) is 43.6 cm³/mol. The molecule has 0 aliphatic heterocycles. The number of aliphatic hydroxyl groups excluding tert-OH is 2. The van der Waals surface area contributed by atoms with Crippen LogP contribution >= 0.6 is 0 Å². The third-order valence-electron chi connectivity index (χ3n) is 1.07. The van der Waals surface area contributed by atoms with Gasteiger partial charge in [0.15, 0.2) is 0 Å². The average Bonchev–Trinajstić information content (AvgIpc) is 2.03. The van der Waals surface area contributed by atoms with Crippen molar-refractivity contribution in [2.45, 2.75) is 12.8 Å². The minimum Gasteiger partial charge on any atom is -0.516 e. The maximum Gasteiger partial charge on any atom is 0.0752 e. The van der Waals surface area contributed by atoms with Crippen molar-refractivity contribution in [2.75, 3.05) is 13.2 Å². The number of hydrogen-bond donors (Lipinski definition) is 2. The van der Waals surface area contributed by atoms with Gasteiger partial charge in [-0.1, -0.05) is 0 Å². The lowest BCUT2D eigenvalue weighted by Gasteiger charge is -1.97. The van der Waals surface area contributed by atoms with Crippen LogP contribution in [0.4, 0.5) is 0 Å². The molecule has 0 bridgehead atoms. The lowest BCUT2D eigenvalue weighted by atomic mass is 10.4. The van der Waals surface area contributed by atoms with Gasteiger partial charge < -0.3 is 14.9 Å². The normalized spacial score (nSPS) is 11.6. The first-order valence-electron chi connectivity index (χ1n) is 3.58. The Kier molecular flexibility index (Phi) is 8.25. The summed E-state index contributed by atoms with van der Waals surface area (Å²) in [5.74, 6) is 0. The number of aliphatic hydroxyl groups is 2. The summed E-state index contributed by atoms with van der Waals surface area (Å²) in [6.07, 6.45) is 6.72. The topological polar surface area (TPSA) is 49.7 Å². The van der Waals surface area contributed by atoms with Gasteiger partial charge in [0.25, 0.3) is 0 Å². The zero-order valence-electron chi connectivity index (χ0n) is 6.44. The van der Waals surface area contributed by atoms with E-state index in [-0.39, 0.29) is 0 Å². The molecule has 0 unspecified atom stereocenters. The molecule has 0 heterocycles. The third kappa shape index (κ3) is 9.04. The van der Waals surface area contributed by atoms with Crippen LogP contribution in [0.15, 0.2) is 24.7 Å². The first kappa shape index (κ1) is 10.0. The standard InChI is InChI=1S/C8H14O3/c9-5-1-3-7-11-8-4-2-6-10/h1-2,5-6,9-10H,3-4,7-8H2. The van der Waals surface area contributed by atoms with Crippen molar-refractivity contribution in [3.05, 3.63) is 24.7 Å². The van der Waals surface area contributed by atoms with Crippen LogP contribution in [0.2, 0.25) is 0 Å². The van der Waals surface area contributed by atoms with Gasteiger partial charge in [0.2, 0.25) is 0 Å². The molecule has 0 aromatic rings. The van der Waals surface area contributed by atoms with E-state index in [0.29, 0.717) is 13.2 Å². The molecule has 0 aromatic carbocycles. The van der Waals surface area contributed by atoms with Crippen LogP contribution in [0.1, 0.15) is 12.8 Å². The van der Waals surface area contributed by atoms with Gasteiger partial charge in [-0.05, 0) is 25.0 Å². The van der Waals surface area contributed by atoms with Crippen LogP contribution in [0.25, 0.3) is 0 Å². The van der Waals surface area contributed by atoms with Crippen molar-refractivity contribution >= 4 is 0 Å². The van der Waals surface area contributed by atoms with Crippen LogP contribution in [0.5, 0.6) is 0 Å². The first-order chi connectivity index (χ1) is 5.41. The zero-order valence-corrected chi connectivity index (χ0v) is 6.44. The van der Waals surface area contributed by atoms with E-state index in [4.69, 9.17) is 14.9 Å². The van der Waals surface area contributed by atoms with Crippen molar-refractivity contribution in [1.82, 2.24) is 0 Å². The van der Waals surface area contributed by atoms with Gasteiger partial charge >= 0.3 is 0 Å². The molecule has 0 aromatic heterocycles. The number of rotatable bonds is 6. The summed E-state index contributed by atoms with van der Waals surface area (Å²) < 4.78 is 5.11. The van der Waals surface area contributed by atoms with E-state index in [1.165, 1.54) is 0 Å². The molecule has 11 heavy (non-hydrogen) atoms. The smallest absolute Gasteiger partial charge is 0.0752 e. The van der Waals surface area contributed by atoms with E-state index < -0.39 is 0 Å². The molecule has 0 saturated heterocycles. The van der Waals surface area contributed by atoms with Crippen LogP contribution in [-0.4, -0.2) is 23.4 Å². The molecular weight excluding hydrogens is 144 g/mol. The molecule has 0 aliphatic rings. The van der Waals surface area contributed by atoms with E-state index in [9.17, 15) is 0 Å². The fraction of sp³-hybridized carbons (Fsp3) is 0.500. The Balaban J connectivity index is 2.90. The highest BCUT2D eigenvalue weighted by Crippen LogP contribution is 1.87. The van der Waals surface area contributed by atoms with Gasteiger partial charge in [-0.2, -0.15) is 0 Å². The Morgan fingerprint density at radius 3 is 1.73 bits per heavy atom. The summed E-state index contributed by atoms with van der Waals surface area (Å²) >= 11 is 0. The second kappa shape index (κ2) is 9.04. The Labute approximate surface area is 66.6 Å². The van der Waals surface area contributed by atoms with E-state index in [1.807, 2.05) is 0 Å². The van der Waals surface area contributed by atoms with E-state index in [1.54, 1.807) is 12.2 Å². The third-order valence-corrected chi connectivity index (χ3v) is 1.07. The van der Waals surface area contributed by atoms with Crippen molar-refractivity contribution in [2.24, 2.45) is 0 Å². The van der Waals surface area contributed by atoms with Crippen LogP contribution < -0.4 is 0 Å². The second-order valence-corrected chi connectivity index (χ2v) is 1.96. The fourth-order valence-electron chi connectivity index (χ4n) is 0.554. The SMILES string of the molecule is OC=CCCOCCC=CO. The summed E-state index contributed by atoms with van der Waals surface area (Å²) in [6.45, 7) is 1.21. The van der Waals surface area contributed by atoms with E-state index in [2.05, 4.69) is 0 Å². The lowest BCUT2D eigenvalue weighted by molar-refractivity contribution is 0.143.